The molecule has 1 amide bonds. The maximum Gasteiger partial charge on any atom is 0.236 e. The molecule has 124 valence electrons. The first-order chi connectivity index (χ1) is 11.0. The summed E-state index contributed by atoms with van der Waals surface area (Å²) in [5.41, 5.74) is 6.39. The van der Waals surface area contributed by atoms with Crippen molar-refractivity contribution < 1.29 is 14.3 Å². The van der Waals surface area contributed by atoms with Gasteiger partial charge >= 0.3 is 0 Å². The van der Waals surface area contributed by atoms with Gasteiger partial charge in [0.15, 0.2) is 0 Å². The first-order valence-electron chi connectivity index (χ1n) is 8.44. The van der Waals surface area contributed by atoms with Gasteiger partial charge in [-0.05, 0) is 32.8 Å². The topological polar surface area (TPSA) is 64.8 Å². The van der Waals surface area contributed by atoms with Crippen LogP contribution in [0.15, 0.2) is 24.3 Å². The number of nitrogens with two attached hydrogens (primary N) is 1. The lowest BCUT2D eigenvalue weighted by atomic mass is 9.74. The molecular formula is C18H24N2O3. The first kappa shape index (κ1) is 15.0. The maximum atomic E-state index is 12.1. The molecule has 0 radical (unpaired) electrons. The van der Waals surface area contributed by atoms with Gasteiger partial charge in [0.2, 0.25) is 5.91 Å². The molecule has 1 aromatic rings. The van der Waals surface area contributed by atoms with Crippen molar-refractivity contribution in [2.24, 2.45) is 11.7 Å². The maximum absolute atomic E-state index is 12.1. The highest BCUT2D eigenvalue weighted by atomic mass is 16.5. The molecule has 2 saturated heterocycles. The van der Waals surface area contributed by atoms with E-state index in [1.54, 1.807) is 0 Å². The lowest BCUT2D eigenvalue weighted by Crippen LogP contribution is -2.55. The van der Waals surface area contributed by atoms with Crippen LogP contribution in [-0.4, -0.2) is 41.6 Å². The summed E-state index contributed by atoms with van der Waals surface area (Å²) in [4.78, 5) is 14.0. The van der Waals surface area contributed by atoms with Gasteiger partial charge in [-0.25, -0.2) is 0 Å². The van der Waals surface area contributed by atoms with Crippen LogP contribution in [0.1, 0.15) is 38.4 Å². The zero-order chi connectivity index (χ0) is 16.2. The molecule has 3 aliphatic heterocycles. The fourth-order valence-corrected chi connectivity index (χ4v) is 4.46. The largest absolute Gasteiger partial charge is 0.487 e. The van der Waals surface area contributed by atoms with Crippen LogP contribution in [0.2, 0.25) is 0 Å². The summed E-state index contributed by atoms with van der Waals surface area (Å²) in [7, 11) is 0. The SMILES string of the molecule is CC1(C)Oc2ccccc2[C@@H]2O[C@@H]3CCN(C(=O)CN)[C@@H]3C[C@H]21. The minimum absolute atomic E-state index is 0.0227. The van der Waals surface area contributed by atoms with Gasteiger partial charge in [0.05, 0.1) is 24.8 Å². The molecule has 0 saturated carbocycles. The lowest BCUT2D eigenvalue weighted by molar-refractivity contribution is -0.167. The molecule has 0 aliphatic carbocycles. The van der Waals surface area contributed by atoms with Crippen LogP contribution in [0, 0.1) is 5.92 Å². The Morgan fingerprint density at radius 1 is 1.39 bits per heavy atom. The van der Waals surface area contributed by atoms with Crippen molar-refractivity contribution in [1.29, 1.82) is 0 Å². The lowest BCUT2D eigenvalue weighted by Gasteiger charge is -2.50. The summed E-state index contributed by atoms with van der Waals surface area (Å²) in [5, 5.41) is 0. The molecule has 0 unspecified atom stereocenters. The zero-order valence-electron chi connectivity index (χ0n) is 13.7. The highest BCUT2D eigenvalue weighted by Gasteiger charge is 2.53. The summed E-state index contributed by atoms with van der Waals surface area (Å²) in [5.74, 6) is 1.17. The second-order valence-corrected chi connectivity index (χ2v) is 7.33. The Balaban J connectivity index is 1.68. The van der Waals surface area contributed by atoms with E-state index in [4.69, 9.17) is 15.2 Å². The minimum atomic E-state index is -0.315. The molecule has 23 heavy (non-hydrogen) atoms. The number of carbonyl (C=O) groups excluding carboxylic acids is 1. The second kappa shape index (κ2) is 5.21. The van der Waals surface area contributed by atoms with Crippen molar-refractivity contribution in [2.75, 3.05) is 13.1 Å². The van der Waals surface area contributed by atoms with Crippen molar-refractivity contribution in [1.82, 2.24) is 4.90 Å². The highest BCUT2D eigenvalue weighted by Crippen LogP contribution is 2.52. The normalized spacial score (nSPS) is 34.1. The molecule has 2 fully saturated rings. The Labute approximate surface area is 136 Å². The standard InChI is InChI=1S/C18H24N2O3/c1-18(2)12-9-13-15(7-8-20(13)16(21)10-19)22-17(12)11-5-3-4-6-14(11)23-18/h3-6,12-13,15,17H,7-10,19H2,1-2H3/t12-,13-,15-,17+/m1/s1. The van der Waals surface area contributed by atoms with E-state index >= 15 is 0 Å². The smallest absolute Gasteiger partial charge is 0.236 e. The molecule has 5 heteroatoms. The van der Waals surface area contributed by atoms with Crippen molar-refractivity contribution >= 4 is 5.91 Å². The van der Waals surface area contributed by atoms with Crippen LogP contribution < -0.4 is 10.5 Å². The van der Waals surface area contributed by atoms with E-state index in [0.29, 0.717) is 0 Å². The van der Waals surface area contributed by atoms with Crippen molar-refractivity contribution in [3.8, 4) is 5.75 Å². The van der Waals surface area contributed by atoms with E-state index in [2.05, 4.69) is 19.9 Å². The molecule has 5 nitrogen and oxygen atoms in total. The summed E-state index contributed by atoms with van der Waals surface area (Å²) >= 11 is 0. The number of carbonyl (C=O) groups is 1. The molecule has 4 rings (SSSR count). The fraction of sp³-hybridized carbons (Fsp3) is 0.611. The molecule has 0 bridgehead atoms. The molecule has 4 atom stereocenters. The van der Waals surface area contributed by atoms with Gasteiger partial charge in [0.1, 0.15) is 11.4 Å². The Bertz CT molecular complexity index is 630. The van der Waals surface area contributed by atoms with Gasteiger partial charge in [-0.2, -0.15) is 0 Å². The van der Waals surface area contributed by atoms with Gasteiger partial charge in [-0.15, -0.1) is 0 Å². The average molecular weight is 316 g/mol. The quantitative estimate of drug-likeness (QED) is 0.859. The molecule has 1 aromatic carbocycles. The summed E-state index contributed by atoms with van der Waals surface area (Å²) in [6.45, 7) is 5.05. The number of para-hydroxylation sites is 1. The van der Waals surface area contributed by atoms with Gasteiger partial charge in [0, 0.05) is 18.0 Å². The number of hydrogen-bond acceptors (Lipinski definition) is 4. The number of likely N-dealkylation sites (tertiary alicyclic amines) is 1. The summed E-state index contributed by atoms with van der Waals surface area (Å²) in [6.07, 6.45) is 1.95. The fourth-order valence-electron chi connectivity index (χ4n) is 4.46. The number of rotatable bonds is 1. The van der Waals surface area contributed by atoms with Crippen LogP contribution >= 0.6 is 0 Å². The number of amides is 1. The number of fused-ring (bicyclic) bond motifs is 4. The number of hydrogen-bond donors (Lipinski definition) is 1. The monoisotopic (exact) mass is 316 g/mol. The van der Waals surface area contributed by atoms with Crippen molar-refractivity contribution in [3.05, 3.63) is 29.8 Å². The Morgan fingerprint density at radius 2 is 2.17 bits per heavy atom. The average Bonchev–Trinajstić information content (AvgIpc) is 2.95. The second-order valence-electron chi connectivity index (χ2n) is 7.33. The van der Waals surface area contributed by atoms with Gasteiger partial charge in [0.25, 0.3) is 0 Å². The van der Waals surface area contributed by atoms with E-state index in [1.165, 1.54) is 0 Å². The molecule has 2 N–H and O–H groups in total. The van der Waals surface area contributed by atoms with E-state index in [-0.39, 0.29) is 42.2 Å². The number of benzene rings is 1. The summed E-state index contributed by atoms with van der Waals surface area (Å²) in [6, 6.07) is 8.27. The molecule has 0 spiro atoms. The molecule has 3 aliphatic rings. The van der Waals surface area contributed by atoms with Crippen LogP contribution in [-0.2, 0) is 9.53 Å². The predicted molar refractivity (Wildman–Crippen MR) is 86.0 cm³/mol. The third-order valence-corrected chi connectivity index (χ3v) is 5.65. The van der Waals surface area contributed by atoms with Crippen LogP contribution in [0.4, 0.5) is 0 Å². The molecule has 0 aromatic heterocycles. The predicted octanol–water partition coefficient (Wildman–Crippen LogP) is 1.86. The highest BCUT2D eigenvalue weighted by molar-refractivity contribution is 5.78. The molecular weight excluding hydrogens is 292 g/mol. The van der Waals surface area contributed by atoms with E-state index in [1.807, 2.05) is 23.1 Å². The summed E-state index contributed by atoms with van der Waals surface area (Å²) < 4.78 is 12.7. The van der Waals surface area contributed by atoms with Crippen molar-refractivity contribution in [3.63, 3.8) is 0 Å². The zero-order valence-corrected chi connectivity index (χ0v) is 13.7. The van der Waals surface area contributed by atoms with Crippen LogP contribution in [0.3, 0.4) is 0 Å². The Hall–Kier alpha value is -1.59. The number of nitrogens with zero attached hydrogens (tertiary/aromatic N) is 1. The number of ether oxygens (including phenoxy) is 2. The van der Waals surface area contributed by atoms with Gasteiger partial charge in [-0.3, -0.25) is 4.79 Å². The first-order valence-corrected chi connectivity index (χ1v) is 8.44. The minimum Gasteiger partial charge on any atom is -0.487 e. The Kier molecular flexibility index (Phi) is 3.39. The van der Waals surface area contributed by atoms with Gasteiger partial charge < -0.3 is 20.1 Å². The van der Waals surface area contributed by atoms with Gasteiger partial charge in [-0.1, -0.05) is 18.2 Å². The van der Waals surface area contributed by atoms with E-state index in [9.17, 15) is 4.79 Å². The van der Waals surface area contributed by atoms with Crippen LogP contribution in [0.5, 0.6) is 5.75 Å². The third-order valence-electron chi connectivity index (χ3n) is 5.65. The van der Waals surface area contributed by atoms with Crippen LogP contribution in [0.25, 0.3) is 0 Å². The van der Waals surface area contributed by atoms with E-state index < -0.39 is 0 Å². The van der Waals surface area contributed by atoms with E-state index in [0.717, 1.165) is 30.7 Å². The van der Waals surface area contributed by atoms with Crippen molar-refractivity contribution in [2.45, 2.75) is 50.5 Å². The molecule has 3 heterocycles. The third kappa shape index (κ3) is 2.25. The Morgan fingerprint density at radius 3 is 2.96 bits per heavy atom.